The number of aliphatic carboxylic acids is 1. The molecular formula is C31H34N6O2S. The van der Waals surface area contributed by atoms with Crippen LogP contribution < -0.4 is 4.90 Å². The topological polar surface area (TPSA) is 86.8 Å². The summed E-state index contributed by atoms with van der Waals surface area (Å²) in [6, 6.07) is 18.6. The Kier molecular flexibility index (Phi) is 7.02. The largest absolute Gasteiger partial charge is 0.481 e. The van der Waals surface area contributed by atoms with Crippen molar-refractivity contribution in [3.8, 4) is 5.00 Å². The molecule has 2 aliphatic rings. The Bertz CT molecular complexity index is 1570. The number of nitrogens with zero attached hydrogens (tertiary/aromatic N) is 6. The van der Waals surface area contributed by atoms with Crippen LogP contribution in [-0.2, 0) is 11.3 Å². The molecule has 1 N–H and O–H groups in total. The zero-order valence-electron chi connectivity index (χ0n) is 23.3. The number of aryl methyl sites for hydroxylation is 2. The average Bonchev–Trinajstić information content (AvgIpc) is 3.43. The van der Waals surface area contributed by atoms with E-state index in [-0.39, 0.29) is 0 Å². The number of aromatic nitrogens is 3. The van der Waals surface area contributed by atoms with Gasteiger partial charge < -0.3 is 10.0 Å². The third-order valence-electron chi connectivity index (χ3n) is 8.18. The number of thiophene rings is 1. The lowest BCUT2D eigenvalue weighted by Crippen LogP contribution is -2.45. The first-order valence-electron chi connectivity index (χ1n) is 13.8. The Balaban J connectivity index is 1.30. The zero-order valence-corrected chi connectivity index (χ0v) is 24.1. The maximum absolute atomic E-state index is 12.1. The maximum Gasteiger partial charge on any atom is 0.308 e. The van der Waals surface area contributed by atoms with E-state index in [2.05, 4.69) is 88.4 Å². The maximum atomic E-state index is 12.1. The van der Waals surface area contributed by atoms with Gasteiger partial charge in [0.25, 0.3) is 0 Å². The van der Waals surface area contributed by atoms with Gasteiger partial charge in [0.15, 0.2) is 5.82 Å². The molecule has 2 aliphatic heterocycles. The van der Waals surface area contributed by atoms with Crippen molar-refractivity contribution < 1.29 is 9.90 Å². The summed E-state index contributed by atoms with van der Waals surface area (Å²) in [7, 11) is 0. The van der Waals surface area contributed by atoms with Crippen LogP contribution in [0.15, 0.2) is 59.6 Å². The first kappa shape index (κ1) is 26.4. The first-order valence-corrected chi connectivity index (χ1v) is 14.6. The molecule has 9 heteroatoms. The molecule has 6 rings (SSSR count). The van der Waals surface area contributed by atoms with Crippen LogP contribution in [0.1, 0.15) is 51.7 Å². The molecule has 1 saturated heterocycles. The molecule has 2 atom stereocenters. The van der Waals surface area contributed by atoms with Gasteiger partial charge in [-0.1, -0.05) is 42.5 Å². The van der Waals surface area contributed by atoms with Gasteiger partial charge in [0.2, 0.25) is 0 Å². The molecule has 0 spiro atoms. The van der Waals surface area contributed by atoms with E-state index in [9.17, 15) is 9.90 Å². The Hall–Kier alpha value is -3.82. The monoisotopic (exact) mass is 554 g/mol. The molecular weight excluding hydrogens is 520 g/mol. The number of benzene rings is 2. The van der Waals surface area contributed by atoms with Crippen LogP contribution in [0.5, 0.6) is 0 Å². The van der Waals surface area contributed by atoms with Crippen molar-refractivity contribution in [2.45, 2.75) is 40.3 Å². The summed E-state index contributed by atoms with van der Waals surface area (Å²) < 4.78 is 2.00. The van der Waals surface area contributed by atoms with Crippen molar-refractivity contribution in [1.82, 2.24) is 19.7 Å². The first-order chi connectivity index (χ1) is 19.3. The Morgan fingerprint density at radius 1 is 1.00 bits per heavy atom. The highest BCUT2D eigenvalue weighted by Crippen LogP contribution is 2.40. The van der Waals surface area contributed by atoms with Gasteiger partial charge >= 0.3 is 5.97 Å². The number of hydrogen-bond acceptors (Lipinski definition) is 7. The van der Waals surface area contributed by atoms with E-state index in [1.807, 2.05) is 11.5 Å². The number of carbonyl (C=O) groups is 1. The molecule has 1 unspecified atom stereocenters. The number of carboxylic acid groups (broad SMARTS) is 1. The van der Waals surface area contributed by atoms with Gasteiger partial charge in [0.1, 0.15) is 16.9 Å². The summed E-state index contributed by atoms with van der Waals surface area (Å²) in [5, 5.41) is 19.7. The van der Waals surface area contributed by atoms with Crippen LogP contribution in [0.25, 0.3) is 5.00 Å². The van der Waals surface area contributed by atoms with Crippen LogP contribution in [0.3, 0.4) is 0 Å². The minimum absolute atomic E-state index is 0.579. The molecule has 1 fully saturated rings. The summed E-state index contributed by atoms with van der Waals surface area (Å²) in [4.78, 5) is 23.4. The summed E-state index contributed by atoms with van der Waals surface area (Å²) >= 11 is 1.68. The standard InChI is InChI=1S/C31H34N6O2S/c1-19-21(3)40-30-26(19)28(32-27(20(2)31(38)39)29-34-33-22(4)37(29)30)24-10-12-25(13-11-24)36-16-14-35(15-17-36)18-23-8-6-5-7-9-23/h5-13,20,27H,14-18H2,1-4H3,(H,38,39)/t20-,27?/m0/s1. The molecule has 2 aromatic heterocycles. The average molecular weight is 555 g/mol. The third-order valence-corrected chi connectivity index (χ3v) is 9.37. The second kappa shape index (κ2) is 10.6. The highest BCUT2D eigenvalue weighted by Gasteiger charge is 2.36. The quantitative estimate of drug-likeness (QED) is 0.353. The second-order valence-electron chi connectivity index (χ2n) is 10.7. The van der Waals surface area contributed by atoms with Gasteiger partial charge in [-0.25, -0.2) is 0 Å². The van der Waals surface area contributed by atoms with E-state index in [1.165, 1.54) is 16.1 Å². The summed E-state index contributed by atoms with van der Waals surface area (Å²) in [5.41, 5.74) is 6.53. The van der Waals surface area contributed by atoms with Crippen molar-refractivity contribution in [2.24, 2.45) is 10.9 Å². The number of aliphatic imine (C=N–C) groups is 1. The molecule has 0 saturated carbocycles. The fourth-order valence-electron chi connectivity index (χ4n) is 5.65. The van der Waals surface area contributed by atoms with Crippen molar-refractivity contribution in [2.75, 3.05) is 31.1 Å². The van der Waals surface area contributed by atoms with Gasteiger partial charge in [-0.15, -0.1) is 21.5 Å². The minimum Gasteiger partial charge on any atom is -0.481 e. The van der Waals surface area contributed by atoms with E-state index < -0.39 is 17.9 Å². The van der Waals surface area contributed by atoms with Crippen molar-refractivity contribution in [3.05, 3.63) is 93.4 Å². The van der Waals surface area contributed by atoms with Gasteiger partial charge in [0.05, 0.1) is 11.6 Å². The van der Waals surface area contributed by atoms with Crippen molar-refractivity contribution >= 4 is 28.7 Å². The van der Waals surface area contributed by atoms with Crippen LogP contribution in [0.2, 0.25) is 0 Å². The number of rotatable bonds is 6. The lowest BCUT2D eigenvalue weighted by atomic mass is 9.98. The third kappa shape index (κ3) is 4.73. The SMILES string of the molecule is Cc1sc2c(c1C)C(c1ccc(N3CCN(Cc4ccccc4)CC3)cc1)=NC([C@H](C)C(=O)O)c1nnc(C)n1-2. The number of piperazine rings is 1. The predicted octanol–water partition coefficient (Wildman–Crippen LogP) is 5.19. The van der Waals surface area contributed by atoms with E-state index >= 15 is 0 Å². The van der Waals surface area contributed by atoms with Gasteiger partial charge in [0, 0.05) is 54.4 Å². The number of hydrogen-bond donors (Lipinski definition) is 1. The molecule has 4 heterocycles. The van der Waals surface area contributed by atoms with Gasteiger partial charge in [-0.2, -0.15) is 0 Å². The normalized spacial score (nSPS) is 18.1. The Morgan fingerprint density at radius 2 is 1.70 bits per heavy atom. The minimum atomic E-state index is -0.903. The van der Waals surface area contributed by atoms with Crippen LogP contribution >= 0.6 is 11.3 Å². The lowest BCUT2D eigenvalue weighted by molar-refractivity contribution is -0.141. The smallest absolute Gasteiger partial charge is 0.308 e. The fraction of sp³-hybridized carbons (Fsp3) is 0.355. The van der Waals surface area contributed by atoms with Crippen molar-refractivity contribution in [1.29, 1.82) is 0 Å². The summed E-state index contributed by atoms with van der Waals surface area (Å²) in [6.07, 6.45) is 0. The molecule has 206 valence electrons. The molecule has 8 nitrogen and oxygen atoms in total. The van der Waals surface area contributed by atoms with E-state index in [1.54, 1.807) is 18.3 Å². The molecule has 4 aromatic rings. The molecule has 0 radical (unpaired) electrons. The molecule has 40 heavy (non-hydrogen) atoms. The summed E-state index contributed by atoms with van der Waals surface area (Å²) in [6.45, 7) is 12.8. The van der Waals surface area contributed by atoms with E-state index in [0.717, 1.165) is 66.0 Å². The van der Waals surface area contributed by atoms with Gasteiger partial charge in [-0.05, 0) is 51.0 Å². The molecule has 0 aliphatic carbocycles. The van der Waals surface area contributed by atoms with E-state index in [4.69, 9.17) is 4.99 Å². The van der Waals surface area contributed by atoms with Gasteiger partial charge in [-0.3, -0.25) is 19.3 Å². The zero-order chi connectivity index (χ0) is 28.0. The Labute approximate surface area is 238 Å². The highest BCUT2D eigenvalue weighted by atomic mass is 32.1. The van der Waals surface area contributed by atoms with Crippen LogP contribution in [0, 0.1) is 26.7 Å². The predicted molar refractivity (Wildman–Crippen MR) is 159 cm³/mol. The van der Waals surface area contributed by atoms with Crippen molar-refractivity contribution in [3.63, 3.8) is 0 Å². The summed E-state index contributed by atoms with van der Waals surface area (Å²) in [5.74, 6) is -0.340. The number of fused-ring (bicyclic) bond motifs is 3. The number of anilines is 1. The Morgan fingerprint density at radius 3 is 2.38 bits per heavy atom. The molecule has 0 amide bonds. The number of carboxylic acids is 1. The molecule has 0 bridgehead atoms. The lowest BCUT2D eigenvalue weighted by Gasteiger charge is -2.36. The van der Waals surface area contributed by atoms with Crippen LogP contribution in [0.4, 0.5) is 5.69 Å². The van der Waals surface area contributed by atoms with E-state index in [0.29, 0.717) is 5.82 Å². The second-order valence-corrected chi connectivity index (χ2v) is 12.0. The highest BCUT2D eigenvalue weighted by molar-refractivity contribution is 7.15. The fourth-order valence-corrected chi connectivity index (χ4v) is 6.87. The van der Waals surface area contributed by atoms with Crippen LogP contribution in [-0.4, -0.2) is 62.6 Å². The molecule has 2 aromatic carbocycles.